The highest BCUT2D eigenvalue weighted by Crippen LogP contribution is 2.32. The summed E-state index contributed by atoms with van der Waals surface area (Å²) < 4.78 is 13.1. The van der Waals surface area contributed by atoms with Crippen LogP contribution in [0.25, 0.3) is 0 Å². The number of anilines is 1. The van der Waals surface area contributed by atoms with E-state index in [0.29, 0.717) is 18.7 Å². The molecule has 1 aromatic carbocycles. The van der Waals surface area contributed by atoms with Crippen LogP contribution in [0.2, 0.25) is 0 Å². The summed E-state index contributed by atoms with van der Waals surface area (Å²) in [4.78, 5) is 39.7. The molecule has 134 valence electrons. The lowest BCUT2D eigenvalue weighted by Crippen LogP contribution is -2.44. The average molecular weight is 348 g/mol. The summed E-state index contributed by atoms with van der Waals surface area (Å²) in [5.41, 5.74) is 0.568. The van der Waals surface area contributed by atoms with E-state index in [0.717, 1.165) is 12.8 Å². The van der Waals surface area contributed by atoms with Crippen molar-refractivity contribution in [2.75, 3.05) is 18.0 Å². The Kier molecular flexibility index (Phi) is 4.74. The van der Waals surface area contributed by atoms with Gasteiger partial charge in [-0.05, 0) is 43.5 Å². The Hall–Kier alpha value is -2.44. The number of rotatable bonds is 6. The van der Waals surface area contributed by atoms with Gasteiger partial charge in [-0.1, -0.05) is 6.92 Å². The molecule has 2 unspecified atom stereocenters. The second kappa shape index (κ2) is 6.82. The van der Waals surface area contributed by atoms with Crippen LogP contribution < -0.4 is 4.90 Å². The molecule has 0 aromatic heterocycles. The van der Waals surface area contributed by atoms with Gasteiger partial charge in [-0.15, -0.1) is 0 Å². The van der Waals surface area contributed by atoms with Crippen molar-refractivity contribution in [1.82, 2.24) is 4.90 Å². The highest BCUT2D eigenvalue weighted by molar-refractivity contribution is 6.09. The zero-order chi connectivity index (χ0) is 18.1. The molecular formula is C18H21FN2O4. The first-order valence-electron chi connectivity index (χ1n) is 8.48. The Morgan fingerprint density at radius 1 is 1.28 bits per heavy atom. The molecule has 1 heterocycles. The maximum atomic E-state index is 13.1. The lowest BCUT2D eigenvalue weighted by atomic mass is 10.0. The zero-order valence-electron chi connectivity index (χ0n) is 14.0. The first kappa shape index (κ1) is 17.4. The average Bonchev–Trinajstić information content (AvgIpc) is 3.35. The SMILES string of the molecule is CC(CN(C(=O)C1CCN(c2ccc(F)cc2)C1=O)C1CC1)C(=O)O. The summed E-state index contributed by atoms with van der Waals surface area (Å²) in [7, 11) is 0. The van der Waals surface area contributed by atoms with E-state index in [1.54, 1.807) is 11.8 Å². The van der Waals surface area contributed by atoms with Gasteiger partial charge in [0.2, 0.25) is 11.8 Å². The quantitative estimate of drug-likeness (QED) is 0.797. The van der Waals surface area contributed by atoms with Gasteiger partial charge in [0.15, 0.2) is 0 Å². The predicted octanol–water partition coefficient (Wildman–Crippen LogP) is 1.89. The zero-order valence-corrected chi connectivity index (χ0v) is 14.0. The number of carboxylic acid groups (broad SMARTS) is 1. The van der Waals surface area contributed by atoms with Gasteiger partial charge in [0.05, 0.1) is 5.92 Å². The van der Waals surface area contributed by atoms with Crippen molar-refractivity contribution in [2.45, 2.75) is 32.2 Å². The fourth-order valence-electron chi connectivity index (χ4n) is 3.16. The summed E-state index contributed by atoms with van der Waals surface area (Å²) in [5, 5.41) is 9.10. The lowest BCUT2D eigenvalue weighted by molar-refractivity contribution is -0.145. The van der Waals surface area contributed by atoms with Crippen molar-refractivity contribution < 1.29 is 23.9 Å². The molecule has 6 nitrogen and oxygen atoms in total. The summed E-state index contributed by atoms with van der Waals surface area (Å²) in [6.45, 7) is 2.08. The van der Waals surface area contributed by atoms with Crippen LogP contribution in [-0.4, -0.2) is 46.9 Å². The van der Waals surface area contributed by atoms with Crippen LogP contribution in [0.15, 0.2) is 24.3 Å². The minimum absolute atomic E-state index is 0.0435. The third-order valence-corrected chi connectivity index (χ3v) is 4.80. The smallest absolute Gasteiger partial charge is 0.308 e. The molecule has 2 aliphatic rings. The van der Waals surface area contributed by atoms with E-state index in [-0.39, 0.29) is 30.2 Å². The van der Waals surface area contributed by atoms with E-state index in [9.17, 15) is 18.8 Å². The van der Waals surface area contributed by atoms with Gasteiger partial charge in [0.1, 0.15) is 11.7 Å². The second-order valence-electron chi connectivity index (χ2n) is 6.77. The molecule has 2 atom stereocenters. The van der Waals surface area contributed by atoms with Crippen molar-refractivity contribution >= 4 is 23.5 Å². The Morgan fingerprint density at radius 2 is 1.92 bits per heavy atom. The lowest BCUT2D eigenvalue weighted by Gasteiger charge is -2.26. The van der Waals surface area contributed by atoms with Gasteiger partial charge >= 0.3 is 5.97 Å². The van der Waals surface area contributed by atoms with Crippen LogP contribution in [0.3, 0.4) is 0 Å². The van der Waals surface area contributed by atoms with Crippen LogP contribution in [0, 0.1) is 17.7 Å². The molecule has 1 N–H and O–H groups in total. The van der Waals surface area contributed by atoms with Gasteiger partial charge < -0.3 is 14.9 Å². The minimum atomic E-state index is -0.955. The molecule has 0 spiro atoms. The normalized spacial score (nSPS) is 21.3. The molecule has 25 heavy (non-hydrogen) atoms. The number of aliphatic carboxylic acids is 1. The van der Waals surface area contributed by atoms with E-state index < -0.39 is 17.8 Å². The van der Waals surface area contributed by atoms with Crippen molar-refractivity contribution in [3.8, 4) is 0 Å². The molecule has 0 bridgehead atoms. The number of amides is 2. The number of nitrogens with zero attached hydrogens (tertiary/aromatic N) is 2. The summed E-state index contributed by atoms with van der Waals surface area (Å²) >= 11 is 0. The van der Waals surface area contributed by atoms with Gasteiger partial charge in [-0.2, -0.15) is 0 Å². The van der Waals surface area contributed by atoms with E-state index in [1.165, 1.54) is 29.2 Å². The number of carboxylic acids is 1. The molecule has 3 rings (SSSR count). The van der Waals surface area contributed by atoms with Crippen LogP contribution in [0.1, 0.15) is 26.2 Å². The monoisotopic (exact) mass is 348 g/mol. The molecule has 2 amide bonds. The Labute approximate surface area is 145 Å². The van der Waals surface area contributed by atoms with Gasteiger partial charge in [-0.25, -0.2) is 4.39 Å². The number of hydrogen-bond acceptors (Lipinski definition) is 3. The fraction of sp³-hybridized carbons (Fsp3) is 0.500. The van der Waals surface area contributed by atoms with Crippen molar-refractivity contribution in [1.29, 1.82) is 0 Å². The van der Waals surface area contributed by atoms with E-state index in [4.69, 9.17) is 5.11 Å². The van der Waals surface area contributed by atoms with Gasteiger partial charge in [0.25, 0.3) is 0 Å². The number of halogens is 1. The van der Waals surface area contributed by atoms with Gasteiger partial charge in [0, 0.05) is 24.8 Å². The maximum absolute atomic E-state index is 13.1. The molecule has 1 saturated carbocycles. The minimum Gasteiger partial charge on any atom is -0.481 e. The molecule has 0 radical (unpaired) electrons. The van der Waals surface area contributed by atoms with Crippen LogP contribution >= 0.6 is 0 Å². The number of hydrogen-bond donors (Lipinski definition) is 1. The van der Waals surface area contributed by atoms with Crippen LogP contribution in [0.4, 0.5) is 10.1 Å². The Morgan fingerprint density at radius 3 is 2.48 bits per heavy atom. The van der Waals surface area contributed by atoms with Crippen molar-refractivity contribution in [2.24, 2.45) is 11.8 Å². The predicted molar refractivity (Wildman–Crippen MR) is 88.4 cm³/mol. The second-order valence-corrected chi connectivity index (χ2v) is 6.77. The molecule has 1 saturated heterocycles. The summed E-state index contributed by atoms with van der Waals surface area (Å²) in [6, 6.07) is 5.64. The maximum Gasteiger partial charge on any atom is 0.308 e. The number of carbonyl (C=O) groups excluding carboxylic acids is 2. The van der Waals surface area contributed by atoms with Crippen molar-refractivity contribution in [3.05, 3.63) is 30.1 Å². The molecule has 1 aromatic rings. The highest BCUT2D eigenvalue weighted by Gasteiger charge is 2.44. The summed E-state index contributed by atoms with van der Waals surface area (Å²) in [5.74, 6) is -3.38. The first-order chi connectivity index (χ1) is 11.9. The molecule has 2 fully saturated rings. The topological polar surface area (TPSA) is 77.9 Å². The van der Waals surface area contributed by atoms with Crippen LogP contribution in [-0.2, 0) is 14.4 Å². The highest BCUT2D eigenvalue weighted by atomic mass is 19.1. The third kappa shape index (κ3) is 3.65. The largest absolute Gasteiger partial charge is 0.481 e. The Bertz CT molecular complexity index is 687. The fourth-order valence-corrected chi connectivity index (χ4v) is 3.16. The number of carbonyl (C=O) groups is 3. The first-order valence-corrected chi connectivity index (χ1v) is 8.48. The summed E-state index contributed by atoms with van der Waals surface area (Å²) in [6.07, 6.45) is 2.08. The van der Waals surface area contributed by atoms with E-state index in [2.05, 4.69) is 0 Å². The molecular weight excluding hydrogens is 327 g/mol. The van der Waals surface area contributed by atoms with Gasteiger partial charge in [-0.3, -0.25) is 14.4 Å². The van der Waals surface area contributed by atoms with E-state index in [1.807, 2.05) is 0 Å². The van der Waals surface area contributed by atoms with Crippen molar-refractivity contribution in [3.63, 3.8) is 0 Å². The number of benzene rings is 1. The van der Waals surface area contributed by atoms with E-state index >= 15 is 0 Å². The molecule has 7 heteroatoms. The molecule has 1 aliphatic carbocycles. The van der Waals surface area contributed by atoms with Crippen LogP contribution in [0.5, 0.6) is 0 Å². The standard InChI is InChI=1S/C18H21FN2O4/c1-11(18(24)25)10-21(14-6-7-14)17(23)15-8-9-20(16(15)22)13-4-2-12(19)3-5-13/h2-5,11,14-15H,6-10H2,1H3,(H,24,25). The molecule has 1 aliphatic heterocycles. The Balaban J connectivity index is 1.72. The third-order valence-electron chi connectivity index (χ3n) is 4.80.